The molecule has 57 heavy (non-hydrogen) atoms. The minimum absolute atomic E-state index is 0.108. The molecular weight excluding hydrogens is 783 g/mol. The molecule has 0 unspecified atom stereocenters. The quantitative estimate of drug-likeness (QED) is 0.0688. The molecule has 2 amide bonds. The summed E-state index contributed by atoms with van der Waals surface area (Å²) in [5.74, 6) is 0.213. The molecule has 17 heteroatoms. The first-order valence-corrected chi connectivity index (χ1v) is 21.5. The molecule has 0 saturated carbocycles. The topological polar surface area (TPSA) is 183 Å². The van der Waals surface area contributed by atoms with Crippen LogP contribution in [0.4, 0.5) is 16.6 Å². The number of thioether (sulfide) groups is 1. The van der Waals surface area contributed by atoms with Crippen molar-refractivity contribution < 1.29 is 23.2 Å². The Morgan fingerprint density at radius 3 is 2.61 bits per heavy atom. The normalized spacial score (nSPS) is 13.3. The minimum atomic E-state index is -4.41. The van der Waals surface area contributed by atoms with E-state index in [4.69, 9.17) is 0 Å². The fourth-order valence-electron chi connectivity index (χ4n) is 6.52. The number of pyridine rings is 3. The fourth-order valence-corrected chi connectivity index (χ4v) is 9.34. The molecule has 0 aliphatic carbocycles. The average molecular weight is 824 g/mol. The van der Waals surface area contributed by atoms with Gasteiger partial charge in [0.15, 0.2) is 5.13 Å². The van der Waals surface area contributed by atoms with Crippen LogP contribution in [0.15, 0.2) is 107 Å². The van der Waals surface area contributed by atoms with Crippen LogP contribution < -0.4 is 20.4 Å². The summed E-state index contributed by atoms with van der Waals surface area (Å²) in [5.41, 5.74) is 5.75. The van der Waals surface area contributed by atoms with Crippen molar-refractivity contribution in [1.29, 1.82) is 0 Å². The lowest BCUT2D eigenvalue weighted by Gasteiger charge is -2.31. The maximum atomic E-state index is 13.5. The summed E-state index contributed by atoms with van der Waals surface area (Å²) < 4.78 is 29.9. The number of nitrogens with zero attached hydrogens (tertiary/aromatic N) is 6. The molecule has 0 spiro atoms. The highest BCUT2D eigenvalue weighted by Gasteiger charge is 2.26. The molecule has 0 bridgehead atoms. The summed E-state index contributed by atoms with van der Waals surface area (Å²) in [6.07, 6.45) is 6.54. The predicted molar refractivity (Wildman–Crippen MR) is 223 cm³/mol. The number of hydrogen-bond donors (Lipinski definition) is 4. The van der Waals surface area contributed by atoms with E-state index in [-0.39, 0.29) is 28.1 Å². The molecule has 4 N–H and O–H groups in total. The van der Waals surface area contributed by atoms with Gasteiger partial charge in [-0.05, 0) is 99.4 Å². The van der Waals surface area contributed by atoms with Crippen LogP contribution >= 0.6 is 23.1 Å². The van der Waals surface area contributed by atoms with Crippen molar-refractivity contribution in [2.75, 3.05) is 48.6 Å². The summed E-state index contributed by atoms with van der Waals surface area (Å²) in [6.45, 7) is 1.76. The number of thiazole rings is 1. The molecule has 1 aliphatic heterocycles. The number of anilines is 3. The van der Waals surface area contributed by atoms with Gasteiger partial charge in [-0.15, -0.1) is 11.8 Å². The van der Waals surface area contributed by atoms with Crippen LogP contribution in [0.2, 0.25) is 0 Å². The van der Waals surface area contributed by atoms with Gasteiger partial charge in [-0.3, -0.25) is 35.6 Å². The van der Waals surface area contributed by atoms with E-state index in [1.165, 1.54) is 29.7 Å². The van der Waals surface area contributed by atoms with Crippen molar-refractivity contribution in [3.63, 3.8) is 0 Å². The van der Waals surface area contributed by atoms with Gasteiger partial charge in [-0.25, -0.2) is 23.1 Å². The largest absolute Gasteiger partial charge is 0.352 e. The Labute approximate surface area is 338 Å². The number of rotatable bonds is 15. The first-order chi connectivity index (χ1) is 27.6. The van der Waals surface area contributed by atoms with Gasteiger partial charge in [0.25, 0.3) is 21.8 Å². The molecule has 14 nitrogen and oxygen atoms in total. The number of nitrogens with one attached hydrogen (secondary N) is 3. The Morgan fingerprint density at radius 2 is 1.82 bits per heavy atom. The lowest BCUT2D eigenvalue weighted by molar-refractivity contribution is 0.0975. The summed E-state index contributed by atoms with van der Waals surface area (Å²) in [6, 6.07) is 23.5. The minimum Gasteiger partial charge on any atom is -0.352 e. The highest BCUT2D eigenvalue weighted by molar-refractivity contribution is 7.99. The van der Waals surface area contributed by atoms with Gasteiger partial charge in [-0.1, -0.05) is 47.7 Å². The van der Waals surface area contributed by atoms with Gasteiger partial charge < -0.3 is 9.80 Å². The zero-order chi connectivity index (χ0) is 39.9. The monoisotopic (exact) mass is 823 g/mol. The van der Waals surface area contributed by atoms with Crippen molar-refractivity contribution in [3.8, 4) is 0 Å². The van der Waals surface area contributed by atoms with E-state index in [9.17, 15) is 23.2 Å². The second-order valence-corrected chi connectivity index (χ2v) is 17.6. The second kappa shape index (κ2) is 17.8. The molecule has 6 aromatic rings. The van der Waals surface area contributed by atoms with Crippen LogP contribution in [-0.2, 0) is 29.4 Å². The van der Waals surface area contributed by atoms with Crippen LogP contribution in [0.5, 0.6) is 0 Å². The molecule has 2 aromatic carbocycles. The molecule has 294 valence electrons. The van der Waals surface area contributed by atoms with Crippen LogP contribution in [0.1, 0.15) is 44.1 Å². The number of aromatic nitrogens is 4. The summed E-state index contributed by atoms with van der Waals surface area (Å²) in [7, 11) is -0.391. The smallest absolute Gasteiger partial charge is 0.283 e. The van der Waals surface area contributed by atoms with E-state index in [0.29, 0.717) is 48.1 Å². The zero-order valence-electron chi connectivity index (χ0n) is 31.3. The second-order valence-electron chi connectivity index (χ2n) is 13.8. The number of benzene rings is 2. The summed E-state index contributed by atoms with van der Waals surface area (Å²) in [4.78, 5) is 49.4. The van der Waals surface area contributed by atoms with Crippen molar-refractivity contribution in [3.05, 3.63) is 126 Å². The molecular formula is C40H41N9O5S3. The van der Waals surface area contributed by atoms with Gasteiger partial charge in [0, 0.05) is 47.9 Å². The van der Waals surface area contributed by atoms with Gasteiger partial charge in [0.05, 0.1) is 21.6 Å². The van der Waals surface area contributed by atoms with Gasteiger partial charge >= 0.3 is 0 Å². The predicted octanol–water partition coefficient (Wildman–Crippen LogP) is 6.12. The third kappa shape index (κ3) is 9.75. The Morgan fingerprint density at radius 1 is 1.00 bits per heavy atom. The van der Waals surface area contributed by atoms with Crippen LogP contribution in [0.25, 0.3) is 10.2 Å². The van der Waals surface area contributed by atoms with Crippen molar-refractivity contribution >= 4 is 71.8 Å². The first kappa shape index (κ1) is 39.8. The number of carbonyl (C=O) groups excluding carboxylic acids is 2. The first-order valence-electron chi connectivity index (χ1n) is 18.2. The molecule has 5 heterocycles. The van der Waals surface area contributed by atoms with Crippen LogP contribution in [-0.4, -0.2) is 83.2 Å². The average Bonchev–Trinajstić information content (AvgIpc) is 3.64. The molecule has 0 radical (unpaired) electrons. The third-order valence-electron chi connectivity index (χ3n) is 9.52. The van der Waals surface area contributed by atoms with Crippen molar-refractivity contribution in [1.82, 2.24) is 29.6 Å². The van der Waals surface area contributed by atoms with E-state index in [1.807, 2.05) is 49.3 Å². The molecule has 0 fully saturated rings. The van der Waals surface area contributed by atoms with E-state index >= 15 is 0 Å². The van der Waals surface area contributed by atoms with Crippen molar-refractivity contribution in [2.24, 2.45) is 5.92 Å². The molecule has 0 saturated heterocycles. The Hall–Kier alpha value is -5.46. The fraction of sp³-hybridized carbons (Fsp3) is 0.250. The van der Waals surface area contributed by atoms with Gasteiger partial charge in [0.1, 0.15) is 16.4 Å². The maximum Gasteiger partial charge on any atom is 0.283 e. The number of hydrogen-bond acceptors (Lipinski definition) is 14. The standard InChI is InChI=1S/C40H41N9O5S3/c1-48(2)18-15-26(25-55-28-9-4-3-5-10-28)20-34-35(46-52)21-29(22-42-34)57(53,54)47-39(51)33-12-7-13-37(43-33)49-19-16-27-8-6-11-30(31(27)24-49)38(50)45-40-44-32-14-17-41-23-36(32)56-40/h3-14,17,21-23,26,46,52H,15-16,18-20,24-25H2,1-2H3,(H,47,51)(H,44,45,50)/t26-/m0/s1. The molecule has 1 aliphatic rings. The van der Waals surface area contributed by atoms with Gasteiger partial charge in [-0.2, -0.15) is 0 Å². The Bertz CT molecular complexity index is 2470. The number of carbonyl (C=O) groups is 2. The zero-order valence-corrected chi connectivity index (χ0v) is 33.7. The van der Waals surface area contributed by atoms with Crippen molar-refractivity contribution in [2.45, 2.75) is 35.6 Å². The van der Waals surface area contributed by atoms with Crippen LogP contribution in [0.3, 0.4) is 0 Å². The van der Waals surface area contributed by atoms with Crippen LogP contribution in [0, 0.1) is 5.92 Å². The highest BCUT2D eigenvalue weighted by Crippen LogP contribution is 2.30. The van der Waals surface area contributed by atoms with E-state index in [2.05, 4.69) is 52.5 Å². The maximum absolute atomic E-state index is 13.5. The number of amides is 2. The Kier molecular flexibility index (Phi) is 12.4. The third-order valence-corrected chi connectivity index (χ3v) is 13.0. The SMILES string of the molecule is CN(C)CC[C@H](CSc1ccccc1)Cc1ncc(S(=O)(=O)NC(=O)c2cccc(N3CCc4cccc(C(=O)Nc5nc6ccncc6s5)c4C3)n2)cc1NO. The van der Waals surface area contributed by atoms with E-state index in [0.717, 1.165) is 45.0 Å². The van der Waals surface area contributed by atoms with E-state index < -0.39 is 15.9 Å². The Balaban J connectivity index is 1.03. The molecule has 1 atom stereocenters. The van der Waals surface area contributed by atoms with Gasteiger partial charge in [0.2, 0.25) is 0 Å². The molecule has 4 aromatic heterocycles. The summed E-state index contributed by atoms with van der Waals surface area (Å²) in [5, 5.41) is 13.4. The summed E-state index contributed by atoms with van der Waals surface area (Å²) >= 11 is 3.08. The lowest BCUT2D eigenvalue weighted by Crippen LogP contribution is -2.34. The highest BCUT2D eigenvalue weighted by atomic mass is 32.2. The lowest BCUT2D eigenvalue weighted by atomic mass is 9.94. The molecule has 7 rings (SSSR count). The number of sulfonamides is 1. The van der Waals surface area contributed by atoms with E-state index in [1.54, 1.807) is 48.4 Å². The number of fused-ring (bicyclic) bond motifs is 2.